The summed E-state index contributed by atoms with van der Waals surface area (Å²) in [5.74, 6) is 1.82. The van der Waals surface area contributed by atoms with Gasteiger partial charge in [0.05, 0.1) is 0 Å². The zero-order valence-electron chi connectivity index (χ0n) is 17.8. The summed E-state index contributed by atoms with van der Waals surface area (Å²) in [7, 11) is 0. The van der Waals surface area contributed by atoms with Gasteiger partial charge in [0.15, 0.2) is 0 Å². The predicted octanol–water partition coefficient (Wildman–Crippen LogP) is 3.05. The second-order valence-corrected chi connectivity index (χ2v) is 8.06. The van der Waals surface area contributed by atoms with Crippen molar-refractivity contribution < 1.29 is 9.18 Å². The van der Waals surface area contributed by atoms with Crippen LogP contribution in [0, 0.1) is 5.82 Å². The molecule has 1 aromatic heterocycles. The van der Waals surface area contributed by atoms with Gasteiger partial charge in [-0.3, -0.25) is 4.79 Å². The molecule has 0 saturated heterocycles. The molecule has 1 atom stereocenters. The zero-order valence-corrected chi connectivity index (χ0v) is 17.8. The molecule has 4 rings (SSSR count). The van der Waals surface area contributed by atoms with Gasteiger partial charge in [-0.2, -0.15) is 0 Å². The minimum Gasteiger partial charge on any atom is -0.352 e. The van der Waals surface area contributed by atoms with Crippen LogP contribution in [-0.2, 0) is 19.4 Å². The average molecular weight is 422 g/mol. The largest absolute Gasteiger partial charge is 0.352 e. The standard InChI is InChI=1S/C24H28FN5O/c1-18(19-5-3-2-4-6-19)17-29-14-12-23-28-27-22(30(23)16-15-29)11-13-26-24(31)20-7-9-21(25)10-8-20/h2-10,18H,11-17H2,1H3,(H,26,31)/t18-/m1/s1. The number of rotatable bonds is 7. The summed E-state index contributed by atoms with van der Waals surface area (Å²) in [5.41, 5.74) is 1.81. The summed E-state index contributed by atoms with van der Waals surface area (Å²) in [5, 5.41) is 11.6. The summed E-state index contributed by atoms with van der Waals surface area (Å²) in [6, 6.07) is 16.2. The lowest BCUT2D eigenvalue weighted by Crippen LogP contribution is -2.31. The van der Waals surface area contributed by atoms with Crippen LogP contribution in [0.25, 0.3) is 0 Å². The van der Waals surface area contributed by atoms with Crippen molar-refractivity contribution in [2.45, 2.75) is 32.2 Å². The molecule has 0 aliphatic carbocycles. The van der Waals surface area contributed by atoms with Crippen molar-refractivity contribution in [3.8, 4) is 0 Å². The fraction of sp³-hybridized carbons (Fsp3) is 0.375. The van der Waals surface area contributed by atoms with E-state index in [1.165, 1.54) is 29.8 Å². The summed E-state index contributed by atoms with van der Waals surface area (Å²) < 4.78 is 15.2. The smallest absolute Gasteiger partial charge is 0.251 e. The van der Waals surface area contributed by atoms with Crippen LogP contribution in [-0.4, -0.2) is 51.8 Å². The van der Waals surface area contributed by atoms with E-state index in [0.717, 1.165) is 44.2 Å². The molecule has 1 aliphatic rings. The molecule has 0 fully saturated rings. The van der Waals surface area contributed by atoms with Crippen molar-refractivity contribution in [2.24, 2.45) is 0 Å². The van der Waals surface area contributed by atoms with Crippen molar-refractivity contribution >= 4 is 5.91 Å². The molecular formula is C24H28FN5O. The Morgan fingerprint density at radius 3 is 2.61 bits per heavy atom. The van der Waals surface area contributed by atoms with Gasteiger partial charge in [-0.05, 0) is 35.7 Å². The molecular weight excluding hydrogens is 393 g/mol. The van der Waals surface area contributed by atoms with Crippen molar-refractivity contribution in [1.82, 2.24) is 25.0 Å². The van der Waals surface area contributed by atoms with Gasteiger partial charge in [0.25, 0.3) is 5.91 Å². The fourth-order valence-electron chi connectivity index (χ4n) is 4.06. The van der Waals surface area contributed by atoms with Crippen LogP contribution in [0.2, 0.25) is 0 Å². The van der Waals surface area contributed by atoms with Gasteiger partial charge in [0.2, 0.25) is 0 Å². The molecule has 6 nitrogen and oxygen atoms in total. The molecule has 3 aromatic rings. The second-order valence-electron chi connectivity index (χ2n) is 8.06. The quantitative estimate of drug-likeness (QED) is 0.637. The Balaban J connectivity index is 1.29. The molecule has 1 aliphatic heterocycles. The van der Waals surface area contributed by atoms with E-state index in [-0.39, 0.29) is 11.7 Å². The number of nitrogens with one attached hydrogen (secondary N) is 1. The Hall–Kier alpha value is -3.06. The number of hydrogen-bond acceptors (Lipinski definition) is 4. The lowest BCUT2D eigenvalue weighted by Gasteiger charge is -2.24. The molecule has 1 amide bonds. The minimum atomic E-state index is -0.352. The molecule has 0 radical (unpaired) electrons. The van der Waals surface area contributed by atoms with Crippen molar-refractivity contribution in [2.75, 3.05) is 26.2 Å². The number of nitrogens with zero attached hydrogens (tertiary/aromatic N) is 4. The van der Waals surface area contributed by atoms with Gasteiger partial charge in [0, 0.05) is 51.1 Å². The third kappa shape index (κ3) is 5.35. The van der Waals surface area contributed by atoms with E-state index < -0.39 is 0 Å². The summed E-state index contributed by atoms with van der Waals surface area (Å²) in [4.78, 5) is 14.7. The number of carbonyl (C=O) groups excluding carboxylic acids is 1. The van der Waals surface area contributed by atoms with E-state index in [2.05, 4.69) is 62.2 Å². The van der Waals surface area contributed by atoms with Gasteiger partial charge < -0.3 is 14.8 Å². The lowest BCUT2D eigenvalue weighted by molar-refractivity contribution is 0.0954. The highest BCUT2D eigenvalue weighted by molar-refractivity contribution is 5.94. The Kier molecular flexibility index (Phi) is 6.72. The summed E-state index contributed by atoms with van der Waals surface area (Å²) in [6.45, 7) is 6.53. The molecule has 162 valence electrons. The van der Waals surface area contributed by atoms with Gasteiger partial charge in [-0.1, -0.05) is 37.3 Å². The molecule has 1 N–H and O–H groups in total. The normalized spacial score (nSPS) is 15.2. The highest BCUT2D eigenvalue weighted by Gasteiger charge is 2.20. The van der Waals surface area contributed by atoms with E-state index in [1.807, 2.05) is 0 Å². The van der Waals surface area contributed by atoms with Crippen LogP contribution in [0.1, 0.15) is 40.4 Å². The Bertz CT molecular complexity index is 1000. The number of halogens is 1. The first-order valence-corrected chi connectivity index (χ1v) is 10.8. The SMILES string of the molecule is C[C@H](CN1CCc2nnc(CCNC(=O)c3ccc(F)cc3)n2CC1)c1ccccc1. The molecule has 0 saturated carbocycles. The predicted molar refractivity (Wildman–Crippen MR) is 117 cm³/mol. The van der Waals surface area contributed by atoms with Crippen LogP contribution >= 0.6 is 0 Å². The van der Waals surface area contributed by atoms with Crippen LogP contribution < -0.4 is 5.32 Å². The maximum atomic E-state index is 13.0. The fourth-order valence-corrected chi connectivity index (χ4v) is 4.06. The molecule has 0 spiro atoms. The van der Waals surface area contributed by atoms with Gasteiger partial charge in [-0.25, -0.2) is 4.39 Å². The summed E-state index contributed by atoms with van der Waals surface area (Å²) >= 11 is 0. The van der Waals surface area contributed by atoms with Crippen LogP contribution in [0.5, 0.6) is 0 Å². The Labute approximate surface area is 182 Å². The monoisotopic (exact) mass is 421 g/mol. The van der Waals surface area contributed by atoms with E-state index in [1.54, 1.807) is 0 Å². The first-order valence-electron chi connectivity index (χ1n) is 10.8. The second kappa shape index (κ2) is 9.83. The topological polar surface area (TPSA) is 63.1 Å². The number of fused-ring (bicyclic) bond motifs is 1. The minimum absolute atomic E-state index is 0.211. The zero-order chi connectivity index (χ0) is 21.6. The summed E-state index contributed by atoms with van der Waals surface area (Å²) in [6.07, 6.45) is 1.48. The average Bonchev–Trinajstić information content (AvgIpc) is 3.06. The van der Waals surface area contributed by atoms with E-state index in [4.69, 9.17) is 0 Å². The molecule has 0 unspecified atom stereocenters. The molecule has 7 heteroatoms. The molecule has 2 aromatic carbocycles. The van der Waals surface area contributed by atoms with E-state index in [9.17, 15) is 9.18 Å². The third-order valence-corrected chi connectivity index (χ3v) is 5.84. The van der Waals surface area contributed by atoms with E-state index >= 15 is 0 Å². The van der Waals surface area contributed by atoms with Crippen molar-refractivity contribution in [3.63, 3.8) is 0 Å². The number of aromatic nitrogens is 3. The van der Waals surface area contributed by atoms with Gasteiger partial charge in [-0.15, -0.1) is 10.2 Å². The Morgan fingerprint density at radius 1 is 1.06 bits per heavy atom. The van der Waals surface area contributed by atoms with Gasteiger partial charge >= 0.3 is 0 Å². The first-order chi connectivity index (χ1) is 15.1. The molecule has 31 heavy (non-hydrogen) atoms. The lowest BCUT2D eigenvalue weighted by atomic mass is 10.0. The van der Waals surface area contributed by atoms with Crippen molar-refractivity contribution in [1.29, 1.82) is 0 Å². The number of benzene rings is 2. The van der Waals surface area contributed by atoms with Crippen molar-refractivity contribution in [3.05, 3.63) is 83.2 Å². The maximum absolute atomic E-state index is 13.0. The molecule has 2 heterocycles. The van der Waals surface area contributed by atoms with Crippen LogP contribution in [0.4, 0.5) is 4.39 Å². The van der Waals surface area contributed by atoms with Crippen LogP contribution in [0.15, 0.2) is 54.6 Å². The van der Waals surface area contributed by atoms with E-state index in [0.29, 0.717) is 24.4 Å². The number of amides is 1. The highest BCUT2D eigenvalue weighted by atomic mass is 19.1. The van der Waals surface area contributed by atoms with Gasteiger partial charge in [0.1, 0.15) is 17.5 Å². The number of carbonyl (C=O) groups is 1. The maximum Gasteiger partial charge on any atom is 0.251 e. The first kappa shape index (κ1) is 21.2. The van der Waals surface area contributed by atoms with Crippen LogP contribution in [0.3, 0.4) is 0 Å². The molecule has 0 bridgehead atoms. The highest BCUT2D eigenvalue weighted by Crippen LogP contribution is 2.18. The number of hydrogen-bond donors (Lipinski definition) is 1. The third-order valence-electron chi connectivity index (χ3n) is 5.84. The Morgan fingerprint density at radius 2 is 1.84 bits per heavy atom.